The van der Waals surface area contributed by atoms with Crippen molar-refractivity contribution in [3.8, 4) is 0 Å². The van der Waals surface area contributed by atoms with Crippen LogP contribution in [0.1, 0.15) is 74.9 Å². The van der Waals surface area contributed by atoms with Crippen molar-refractivity contribution in [3.05, 3.63) is 155 Å². The van der Waals surface area contributed by atoms with E-state index in [-0.39, 0.29) is 10.8 Å². The van der Waals surface area contributed by atoms with Crippen LogP contribution in [0.4, 0.5) is 0 Å². The van der Waals surface area contributed by atoms with Gasteiger partial charge in [0.25, 0.3) is 0 Å². The molecule has 228 valence electrons. The third kappa shape index (κ3) is 9.00. The van der Waals surface area contributed by atoms with Crippen molar-refractivity contribution < 1.29 is 18.9 Å². The molecule has 0 nitrogen and oxygen atoms in total. The average molecular weight is 699 g/mol. The molecule has 0 unspecified atom stereocenters. The molecule has 0 bridgehead atoms. The molecule has 0 saturated heterocycles. The van der Waals surface area contributed by atoms with Gasteiger partial charge in [0.05, 0.1) is 0 Å². The zero-order chi connectivity index (χ0) is 32.1. The molecule has 3 heteroatoms. The molecular weight excluding hydrogens is 655 g/mol. The monoisotopic (exact) mass is 696 g/mol. The summed E-state index contributed by atoms with van der Waals surface area (Å²) in [5.41, 5.74) is 8.01. The van der Waals surface area contributed by atoms with E-state index in [1.165, 1.54) is 43.8 Å². The third-order valence-electron chi connectivity index (χ3n) is 7.86. The van der Waals surface area contributed by atoms with E-state index in [1.54, 1.807) is 0 Å². The van der Waals surface area contributed by atoms with E-state index in [9.17, 15) is 0 Å². The average Bonchev–Trinajstić information content (AvgIpc) is 3.66. The standard InChI is InChI=1S/C21H25.C15H14.C5H5.2ClH.Zr/c1-20(2,3)16-9-7-14-11-15-8-10-17(21(4,5)6)13-19(15)18(14)12-16;1-12-3-7-14(8-4-12)11-15-9-5-13(2)6-10-15;1-2-4-5-3-1;;;/h7-13H,1-6H3;3-10H,1-2H3;1-5H;2*1H;/q-1;;-1;;;+2/p-2. The predicted octanol–water partition coefficient (Wildman–Crippen LogP) is 12.5. The van der Waals surface area contributed by atoms with E-state index < -0.39 is 18.9 Å². The minimum atomic E-state index is -2.48. The topological polar surface area (TPSA) is 0 Å². The summed E-state index contributed by atoms with van der Waals surface area (Å²) >= 11 is -2.48. The van der Waals surface area contributed by atoms with Crippen LogP contribution in [0.5, 0.6) is 0 Å². The van der Waals surface area contributed by atoms with Crippen LogP contribution in [-0.2, 0) is 29.7 Å². The molecule has 0 aliphatic rings. The SMILES string of the molecule is CC(C)(C)c1ccc2[cH-]c3ccc(C(C)(C)C)cc3c2c1.Cc1ccc([C](c2ccc(C)cc2)=[Zr]([Cl])[Cl])cc1.c1cc[cH-]c1. The maximum absolute atomic E-state index is 6.32. The van der Waals surface area contributed by atoms with E-state index in [1.807, 2.05) is 30.3 Å². The first-order valence-corrected chi connectivity index (χ1v) is 22.8. The summed E-state index contributed by atoms with van der Waals surface area (Å²) in [6.45, 7) is 17.8. The van der Waals surface area contributed by atoms with Crippen molar-refractivity contribution in [2.75, 3.05) is 0 Å². The Morgan fingerprint density at radius 2 is 0.955 bits per heavy atom. The van der Waals surface area contributed by atoms with Gasteiger partial charge in [0.1, 0.15) is 0 Å². The van der Waals surface area contributed by atoms with Crippen molar-refractivity contribution in [1.82, 2.24) is 0 Å². The molecule has 0 aromatic heterocycles. The minimum Gasteiger partial charge on any atom is -0.214 e. The fourth-order valence-corrected chi connectivity index (χ4v) is 9.55. The Balaban J connectivity index is 0.000000175. The molecule has 6 aromatic carbocycles. The Hall–Kier alpha value is -2.57. The van der Waals surface area contributed by atoms with Gasteiger partial charge >= 0.3 is 124 Å². The van der Waals surface area contributed by atoms with Gasteiger partial charge in [0.15, 0.2) is 0 Å². The molecule has 0 aliphatic heterocycles. The number of hydrogen-bond acceptors (Lipinski definition) is 0. The number of rotatable bonds is 2. The Labute approximate surface area is 279 Å². The molecule has 0 amide bonds. The summed E-state index contributed by atoms with van der Waals surface area (Å²) in [7, 11) is 12.6. The molecule has 6 aromatic rings. The van der Waals surface area contributed by atoms with Gasteiger partial charge in [-0.3, -0.25) is 0 Å². The van der Waals surface area contributed by atoms with Gasteiger partial charge in [-0.05, 0) is 10.8 Å². The second-order valence-corrected chi connectivity index (χ2v) is 21.7. The number of fused-ring (bicyclic) bond motifs is 3. The Bertz CT molecular complexity index is 1680. The van der Waals surface area contributed by atoms with E-state index >= 15 is 0 Å². The predicted molar refractivity (Wildman–Crippen MR) is 194 cm³/mol. The first-order chi connectivity index (χ1) is 20.7. The van der Waals surface area contributed by atoms with Gasteiger partial charge < -0.3 is 0 Å². The van der Waals surface area contributed by atoms with E-state index in [0.717, 1.165) is 14.3 Å². The maximum atomic E-state index is 6.32. The van der Waals surface area contributed by atoms with Crippen molar-refractivity contribution in [3.63, 3.8) is 0 Å². The summed E-state index contributed by atoms with van der Waals surface area (Å²) in [6.07, 6.45) is 0. The van der Waals surface area contributed by atoms with E-state index in [4.69, 9.17) is 17.0 Å². The summed E-state index contributed by atoms with van der Waals surface area (Å²) in [6, 6.07) is 43.0. The summed E-state index contributed by atoms with van der Waals surface area (Å²) in [5.74, 6) is 0. The van der Waals surface area contributed by atoms with Crippen molar-refractivity contribution in [2.45, 2.75) is 66.2 Å². The van der Waals surface area contributed by atoms with Crippen LogP contribution in [0.2, 0.25) is 0 Å². The smallest absolute Gasteiger partial charge is 0.172 e. The van der Waals surface area contributed by atoms with Gasteiger partial charge in [-0.2, -0.15) is 18.2 Å². The molecule has 0 fully saturated rings. The third-order valence-corrected chi connectivity index (χ3v) is 12.4. The Morgan fingerprint density at radius 1 is 0.568 bits per heavy atom. The zero-order valence-electron chi connectivity index (χ0n) is 27.3. The number of benzene rings is 4. The molecule has 0 saturated carbocycles. The van der Waals surface area contributed by atoms with Crippen LogP contribution in [-0.4, -0.2) is 3.21 Å². The molecule has 0 radical (unpaired) electrons. The van der Waals surface area contributed by atoms with Gasteiger partial charge in [-0.25, -0.2) is 12.1 Å². The van der Waals surface area contributed by atoms with Crippen LogP contribution in [0.15, 0.2) is 121 Å². The van der Waals surface area contributed by atoms with Crippen LogP contribution in [0.25, 0.3) is 21.5 Å². The fraction of sp³-hybridized carbons (Fsp3) is 0.244. The van der Waals surface area contributed by atoms with Crippen molar-refractivity contribution in [1.29, 1.82) is 0 Å². The minimum absolute atomic E-state index is 0.194. The molecule has 6 rings (SSSR count). The largest absolute Gasteiger partial charge is 0.214 e. The van der Waals surface area contributed by atoms with Crippen LogP contribution in [0, 0.1) is 13.8 Å². The molecule has 0 atom stereocenters. The van der Waals surface area contributed by atoms with Crippen molar-refractivity contribution >= 4 is 41.8 Å². The quantitative estimate of drug-likeness (QED) is 0.158. The van der Waals surface area contributed by atoms with E-state index in [0.29, 0.717) is 0 Å². The molecule has 44 heavy (non-hydrogen) atoms. The van der Waals surface area contributed by atoms with E-state index in [2.05, 4.69) is 146 Å². The normalized spacial score (nSPS) is 11.4. The molecule has 0 heterocycles. The fourth-order valence-electron chi connectivity index (χ4n) is 5.08. The van der Waals surface area contributed by atoms with Crippen LogP contribution >= 0.6 is 17.0 Å². The van der Waals surface area contributed by atoms with Crippen LogP contribution in [0.3, 0.4) is 0 Å². The van der Waals surface area contributed by atoms with Gasteiger partial charge in [0, 0.05) is 0 Å². The first kappa shape index (κ1) is 34.3. The summed E-state index contributed by atoms with van der Waals surface area (Å²) in [5, 5.41) is 5.49. The molecule has 0 spiro atoms. The summed E-state index contributed by atoms with van der Waals surface area (Å²) in [4.78, 5) is 0. The summed E-state index contributed by atoms with van der Waals surface area (Å²) < 4.78 is 1.15. The van der Waals surface area contributed by atoms with Crippen molar-refractivity contribution in [2.24, 2.45) is 0 Å². The molecular formula is C41H44Cl2Zr-2. The second-order valence-electron chi connectivity index (χ2n) is 13.6. The number of hydrogen-bond donors (Lipinski definition) is 0. The second kappa shape index (κ2) is 14.7. The number of halogens is 2. The number of aryl methyl sites for hydroxylation is 2. The zero-order valence-corrected chi connectivity index (χ0v) is 31.3. The molecule has 0 N–H and O–H groups in total. The first-order valence-electron chi connectivity index (χ1n) is 15.2. The van der Waals surface area contributed by atoms with Gasteiger partial charge in [-0.1, -0.05) is 76.9 Å². The van der Waals surface area contributed by atoms with Crippen LogP contribution < -0.4 is 0 Å². The Kier molecular flexibility index (Phi) is 11.5. The van der Waals surface area contributed by atoms with Gasteiger partial charge in [-0.15, -0.1) is 39.7 Å². The van der Waals surface area contributed by atoms with Gasteiger partial charge in [0.2, 0.25) is 0 Å². The maximum Gasteiger partial charge on any atom is -0.172 e. The molecule has 0 aliphatic carbocycles. The Morgan fingerprint density at radius 3 is 1.25 bits per heavy atom.